The molecule has 20 heavy (non-hydrogen) atoms. The fourth-order valence-electron chi connectivity index (χ4n) is 2.66. The summed E-state index contributed by atoms with van der Waals surface area (Å²) in [5, 5.41) is 7.59. The van der Waals surface area contributed by atoms with E-state index in [0.29, 0.717) is 0 Å². The highest BCUT2D eigenvalue weighted by Gasteiger charge is 2.17. The Morgan fingerprint density at radius 1 is 1.25 bits per heavy atom. The van der Waals surface area contributed by atoms with Crippen LogP contribution >= 0.6 is 0 Å². The molecule has 3 N–H and O–H groups in total. The maximum atomic E-state index is 7.59. The molecule has 0 aliphatic carbocycles. The van der Waals surface area contributed by atoms with Crippen molar-refractivity contribution in [1.29, 1.82) is 5.41 Å². The van der Waals surface area contributed by atoms with Crippen LogP contribution in [0.15, 0.2) is 36.4 Å². The second-order valence-corrected chi connectivity index (χ2v) is 5.21. The van der Waals surface area contributed by atoms with Gasteiger partial charge in [0.15, 0.2) is 0 Å². The van der Waals surface area contributed by atoms with E-state index in [4.69, 9.17) is 11.1 Å². The molecule has 0 fully saturated rings. The molecule has 0 saturated carbocycles. The van der Waals surface area contributed by atoms with Gasteiger partial charge in [0.1, 0.15) is 11.7 Å². The molecule has 0 radical (unpaired) electrons. The van der Waals surface area contributed by atoms with Gasteiger partial charge in [-0.3, -0.25) is 5.41 Å². The van der Waals surface area contributed by atoms with Gasteiger partial charge in [0.2, 0.25) is 0 Å². The molecular formula is C16H18N4. The number of fused-ring (bicyclic) bond motifs is 1. The highest BCUT2D eigenvalue weighted by molar-refractivity contribution is 5.95. The number of aryl methyl sites for hydroxylation is 1. The van der Waals surface area contributed by atoms with E-state index in [-0.39, 0.29) is 5.84 Å². The minimum Gasteiger partial charge on any atom is -0.384 e. The average molecular weight is 266 g/mol. The fourth-order valence-corrected chi connectivity index (χ4v) is 2.66. The summed E-state index contributed by atoms with van der Waals surface area (Å²) in [6.07, 6.45) is 1.03. The number of anilines is 1. The number of nitrogen functional groups attached to an aromatic ring is 1. The average Bonchev–Trinajstić information content (AvgIpc) is 2.46. The third-order valence-electron chi connectivity index (χ3n) is 3.71. The molecule has 1 aromatic carbocycles. The Morgan fingerprint density at radius 2 is 2.00 bits per heavy atom. The van der Waals surface area contributed by atoms with E-state index in [1.54, 1.807) is 0 Å². The molecule has 2 aromatic rings. The Hall–Kier alpha value is -2.36. The normalized spacial score (nSPS) is 13.9. The Labute approximate surface area is 118 Å². The molecule has 1 aromatic heterocycles. The van der Waals surface area contributed by atoms with Crippen molar-refractivity contribution in [2.24, 2.45) is 5.73 Å². The molecule has 1 aliphatic rings. The van der Waals surface area contributed by atoms with Crippen molar-refractivity contribution in [3.8, 4) is 0 Å². The molecule has 0 unspecified atom stereocenters. The summed E-state index contributed by atoms with van der Waals surface area (Å²) >= 11 is 0. The second-order valence-electron chi connectivity index (χ2n) is 5.21. The lowest BCUT2D eigenvalue weighted by Crippen LogP contribution is -2.31. The summed E-state index contributed by atoms with van der Waals surface area (Å²) in [4.78, 5) is 6.84. The molecule has 2 heterocycles. The largest absolute Gasteiger partial charge is 0.384 e. The molecule has 4 nitrogen and oxygen atoms in total. The van der Waals surface area contributed by atoms with E-state index in [0.717, 1.165) is 36.6 Å². The predicted molar refractivity (Wildman–Crippen MR) is 81.2 cm³/mol. The van der Waals surface area contributed by atoms with Crippen LogP contribution in [0, 0.1) is 12.3 Å². The lowest BCUT2D eigenvalue weighted by atomic mass is 10.00. The van der Waals surface area contributed by atoms with Gasteiger partial charge in [-0.2, -0.15) is 0 Å². The molecule has 0 spiro atoms. The molecular weight excluding hydrogens is 248 g/mol. The van der Waals surface area contributed by atoms with Gasteiger partial charge in [-0.25, -0.2) is 4.98 Å². The van der Waals surface area contributed by atoms with Crippen molar-refractivity contribution >= 4 is 11.7 Å². The van der Waals surface area contributed by atoms with Crippen LogP contribution in [0.1, 0.15) is 22.4 Å². The van der Waals surface area contributed by atoms with Crippen molar-refractivity contribution in [3.63, 3.8) is 0 Å². The van der Waals surface area contributed by atoms with Crippen LogP contribution in [0.4, 0.5) is 5.82 Å². The van der Waals surface area contributed by atoms with Gasteiger partial charge in [-0.15, -0.1) is 0 Å². The van der Waals surface area contributed by atoms with Crippen LogP contribution in [0.25, 0.3) is 0 Å². The molecule has 1 aliphatic heterocycles. The molecule has 0 bridgehead atoms. The van der Waals surface area contributed by atoms with E-state index in [9.17, 15) is 0 Å². The summed E-state index contributed by atoms with van der Waals surface area (Å²) in [6, 6.07) is 12.3. The molecule has 0 amide bonds. The fraction of sp³-hybridized carbons (Fsp3) is 0.250. The van der Waals surface area contributed by atoms with E-state index >= 15 is 0 Å². The van der Waals surface area contributed by atoms with Crippen molar-refractivity contribution < 1.29 is 0 Å². The maximum absolute atomic E-state index is 7.59. The number of amidine groups is 1. The van der Waals surface area contributed by atoms with Gasteiger partial charge < -0.3 is 10.6 Å². The van der Waals surface area contributed by atoms with Crippen LogP contribution in [0.2, 0.25) is 0 Å². The van der Waals surface area contributed by atoms with Crippen LogP contribution in [0.3, 0.4) is 0 Å². The monoisotopic (exact) mass is 266 g/mol. The van der Waals surface area contributed by atoms with Gasteiger partial charge in [-0.1, -0.05) is 24.3 Å². The molecule has 0 saturated heterocycles. The third kappa shape index (κ3) is 2.37. The predicted octanol–water partition coefficient (Wildman–Crippen LogP) is 2.24. The number of rotatable bonds is 2. The first-order valence-corrected chi connectivity index (χ1v) is 6.78. The van der Waals surface area contributed by atoms with Gasteiger partial charge >= 0.3 is 0 Å². The maximum Gasteiger partial charge on any atom is 0.129 e. The smallest absolute Gasteiger partial charge is 0.129 e. The summed E-state index contributed by atoms with van der Waals surface area (Å²) < 4.78 is 0. The SMILES string of the molecule is Cc1cc(C(=N)N)cc(N2CCc3ccccc3C2)n1. The Kier molecular flexibility index (Phi) is 3.14. The van der Waals surface area contributed by atoms with Crippen molar-refractivity contribution in [3.05, 3.63) is 58.8 Å². The van der Waals surface area contributed by atoms with Gasteiger partial charge in [0, 0.05) is 24.3 Å². The zero-order valence-electron chi connectivity index (χ0n) is 11.6. The first-order valence-electron chi connectivity index (χ1n) is 6.78. The molecule has 0 atom stereocenters. The Morgan fingerprint density at radius 3 is 2.75 bits per heavy atom. The van der Waals surface area contributed by atoms with Crippen molar-refractivity contribution in [2.45, 2.75) is 19.9 Å². The number of nitrogens with one attached hydrogen (secondary N) is 1. The highest BCUT2D eigenvalue weighted by Crippen LogP contribution is 2.24. The zero-order chi connectivity index (χ0) is 14.1. The number of nitrogens with zero attached hydrogens (tertiary/aromatic N) is 2. The van der Waals surface area contributed by atoms with Crippen molar-refractivity contribution in [1.82, 2.24) is 4.98 Å². The quantitative estimate of drug-likeness (QED) is 0.647. The van der Waals surface area contributed by atoms with Gasteiger partial charge in [0.05, 0.1) is 0 Å². The van der Waals surface area contributed by atoms with E-state index < -0.39 is 0 Å². The zero-order valence-corrected chi connectivity index (χ0v) is 11.6. The Balaban J connectivity index is 1.93. The third-order valence-corrected chi connectivity index (χ3v) is 3.71. The van der Waals surface area contributed by atoms with E-state index in [2.05, 4.69) is 34.1 Å². The number of hydrogen-bond acceptors (Lipinski definition) is 3. The van der Waals surface area contributed by atoms with Gasteiger partial charge in [-0.05, 0) is 36.6 Å². The summed E-state index contributed by atoms with van der Waals surface area (Å²) in [6.45, 7) is 3.75. The molecule has 3 rings (SSSR count). The van der Waals surface area contributed by atoms with Crippen LogP contribution < -0.4 is 10.6 Å². The summed E-state index contributed by atoms with van der Waals surface area (Å²) in [7, 11) is 0. The van der Waals surface area contributed by atoms with Crippen LogP contribution in [-0.4, -0.2) is 17.4 Å². The topological polar surface area (TPSA) is 66.0 Å². The summed E-state index contributed by atoms with van der Waals surface area (Å²) in [5.41, 5.74) is 10.0. The molecule has 4 heteroatoms. The number of nitrogens with two attached hydrogens (primary N) is 1. The highest BCUT2D eigenvalue weighted by atomic mass is 15.2. The first-order chi connectivity index (χ1) is 9.63. The summed E-state index contributed by atoms with van der Waals surface area (Å²) in [5.74, 6) is 0.999. The van der Waals surface area contributed by atoms with Crippen molar-refractivity contribution in [2.75, 3.05) is 11.4 Å². The Bertz CT molecular complexity index is 663. The lowest BCUT2D eigenvalue weighted by Gasteiger charge is -2.30. The van der Waals surface area contributed by atoms with Crippen LogP contribution in [-0.2, 0) is 13.0 Å². The minimum atomic E-state index is 0.0918. The van der Waals surface area contributed by atoms with E-state index in [1.807, 2.05) is 19.1 Å². The number of pyridine rings is 1. The lowest BCUT2D eigenvalue weighted by molar-refractivity contribution is 0.719. The van der Waals surface area contributed by atoms with Crippen LogP contribution in [0.5, 0.6) is 0 Å². The number of benzene rings is 1. The number of hydrogen-bond donors (Lipinski definition) is 2. The second kappa shape index (κ2) is 4.96. The van der Waals surface area contributed by atoms with Gasteiger partial charge in [0.25, 0.3) is 0 Å². The minimum absolute atomic E-state index is 0.0918. The molecule has 102 valence electrons. The number of aromatic nitrogens is 1. The standard InChI is InChI=1S/C16H18N4/c1-11-8-14(16(17)18)9-15(19-11)20-7-6-12-4-2-3-5-13(12)10-20/h2-5,8-9H,6-7,10H2,1H3,(H3,17,18). The first kappa shape index (κ1) is 12.7. The van der Waals surface area contributed by atoms with E-state index in [1.165, 1.54) is 11.1 Å².